The Kier molecular flexibility index (Phi) is 12.6. The van der Waals surface area contributed by atoms with Crippen LogP contribution in [0.4, 0.5) is 43.9 Å². The number of rotatable bonds is 2. The smallest absolute Gasteiger partial charge is 0.814 e. The largest absolute Gasteiger partial charge is 3.00 e. The predicted molar refractivity (Wildman–Crippen MR) is 122 cm³/mol. The van der Waals surface area contributed by atoms with E-state index in [-0.39, 0.29) is 42.6 Å². The molecular formula is C26H14F10IrN3. The molecule has 3 nitrogen and oxygen atoms in total. The van der Waals surface area contributed by atoms with Gasteiger partial charge in [0.2, 0.25) is 0 Å². The van der Waals surface area contributed by atoms with E-state index in [1.807, 2.05) is 0 Å². The molecule has 4 aromatic rings. The molecular weight excluding hydrogens is 737 g/mol. The van der Waals surface area contributed by atoms with Crippen LogP contribution in [0.25, 0.3) is 27.9 Å². The maximum Gasteiger partial charge on any atom is 3.00 e. The van der Waals surface area contributed by atoms with E-state index in [0.717, 1.165) is 42.6 Å². The maximum atomic E-state index is 13.3. The minimum Gasteiger partial charge on any atom is -0.814 e. The first kappa shape index (κ1) is 34.4. The van der Waals surface area contributed by atoms with Gasteiger partial charge in [-0.05, 0) is 11.4 Å². The van der Waals surface area contributed by atoms with Crippen LogP contribution in [0.1, 0.15) is 18.1 Å². The Labute approximate surface area is 234 Å². The number of nitrogens with zero attached hydrogens (tertiary/aromatic N) is 3. The van der Waals surface area contributed by atoms with Crippen molar-refractivity contribution >= 4 is 6.21 Å². The van der Waals surface area contributed by atoms with Crippen LogP contribution >= 0.6 is 0 Å². The second kappa shape index (κ2) is 14.7. The van der Waals surface area contributed by atoms with Crippen LogP contribution < -0.4 is 0 Å². The summed E-state index contributed by atoms with van der Waals surface area (Å²) in [6, 6.07) is 11.1. The van der Waals surface area contributed by atoms with E-state index in [1.165, 1.54) is 0 Å². The van der Waals surface area contributed by atoms with E-state index in [2.05, 4.69) is 22.1 Å². The fourth-order valence-electron chi connectivity index (χ4n) is 2.70. The molecule has 40 heavy (non-hydrogen) atoms. The predicted octanol–water partition coefficient (Wildman–Crippen LogP) is 8.34. The zero-order chi connectivity index (χ0) is 29.4. The van der Waals surface area contributed by atoms with E-state index < -0.39 is 46.7 Å². The first-order valence-corrected chi connectivity index (χ1v) is 10.4. The molecule has 14 heteroatoms. The van der Waals surface area contributed by atoms with Gasteiger partial charge in [-0.25, -0.2) is 6.21 Å². The van der Waals surface area contributed by atoms with Gasteiger partial charge in [-0.1, -0.05) is 54.4 Å². The summed E-state index contributed by atoms with van der Waals surface area (Å²) in [5, 5.41) is 7.44. The molecule has 2 heterocycles. The molecule has 0 aliphatic carbocycles. The Morgan fingerprint density at radius 2 is 1.00 bits per heavy atom. The molecule has 0 spiro atoms. The van der Waals surface area contributed by atoms with Crippen molar-refractivity contribution in [2.75, 3.05) is 0 Å². The molecule has 0 unspecified atom stereocenters. The standard InChI is InChI=1S/2C12H5F5N.C2H4N.Ir/c2*13-8-2-3-9(10(14)5-8)11-4-1-7(6-18-11)12(15,16)17;1-2-3;/h2*1-2,4-6H;2H,1H3;/q3*-1;+3. The first-order chi connectivity index (χ1) is 18.2. The van der Waals surface area contributed by atoms with Crippen molar-refractivity contribution in [3.63, 3.8) is 0 Å². The molecule has 0 amide bonds. The number of hydrogen-bond acceptors (Lipinski definition) is 2. The van der Waals surface area contributed by atoms with Gasteiger partial charge in [0.25, 0.3) is 0 Å². The topological polar surface area (TPSA) is 48.1 Å². The molecule has 0 radical (unpaired) electrons. The van der Waals surface area contributed by atoms with Crippen molar-refractivity contribution in [2.24, 2.45) is 0 Å². The summed E-state index contributed by atoms with van der Waals surface area (Å²) in [4.78, 5) is 6.98. The van der Waals surface area contributed by atoms with Gasteiger partial charge in [0, 0.05) is 35.7 Å². The average Bonchev–Trinajstić information content (AvgIpc) is 2.84. The Morgan fingerprint density at radius 3 is 1.23 bits per heavy atom. The number of hydrogen-bond donors (Lipinski definition) is 0. The van der Waals surface area contributed by atoms with E-state index in [0.29, 0.717) is 24.5 Å². The van der Waals surface area contributed by atoms with E-state index in [4.69, 9.17) is 5.41 Å². The van der Waals surface area contributed by atoms with Gasteiger partial charge in [-0.2, -0.15) is 26.3 Å². The van der Waals surface area contributed by atoms with E-state index in [9.17, 15) is 43.9 Å². The van der Waals surface area contributed by atoms with Gasteiger partial charge in [-0.3, -0.25) is 17.6 Å². The molecule has 212 valence electrons. The Hall–Kier alpha value is -3.64. The zero-order valence-corrected chi connectivity index (χ0v) is 22.2. The minimum absolute atomic E-state index is 0. The number of benzene rings is 2. The molecule has 2 aromatic carbocycles. The summed E-state index contributed by atoms with van der Waals surface area (Å²) in [5.74, 6) is -3.49. The summed E-state index contributed by atoms with van der Waals surface area (Å²) in [7, 11) is 0. The fraction of sp³-hybridized carbons (Fsp3) is 0.115. The third kappa shape index (κ3) is 9.83. The first-order valence-electron chi connectivity index (χ1n) is 10.4. The summed E-state index contributed by atoms with van der Waals surface area (Å²) in [5.41, 5.74) is -2.31. The zero-order valence-electron chi connectivity index (χ0n) is 19.8. The number of pyridine rings is 2. The van der Waals surface area contributed by atoms with Crippen molar-refractivity contribution in [1.82, 2.24) is 9.97 Å². The molecule has 2 aromatic heterocycles. The van der Waals surface area contributed by atoms with Gasteiger partial charge in [0.05, 0.1) is 11.1 Å². The molecule has 0 aliphatic rings. The van der Waals surface area contributed by atoms with Crippen molar-refractivity contribution < 1.29 is 64.0 Å². The Morgan fingerprint density at radius 1 is 0.675 bits per heavy atom. The summed E-state index contributed by atoms with van der Waals surface area (Å²) < 4.78 is 126. The second-order valence-corrected chi connectivity index (χ2v) is 7.20. The van der Waals surface area contributed by atoms with Crippen molar-refractivity contribution in [3.05, 3.63) is 113 Å². The number of alkyl halides is 6. The molecule has 0 N–H and O–H groups in total. The summed E-state index contributed by atoms with van der Waals surface area (Å²) in [6.45, 7) is 1.56. The van der Waals surface area contributed by atoms with Crippen molar-refractivity contribution in [1.29, 1.82) is 0 Å². The molecule has 0 fully saturated rings. The van der Waals surface area contributed by atoms with Crippen LogP contribution in [0.5, 0.6) is 0 Å². The Balaban J connectivity index is 0.000000356. The van der Waals surface area contributed by atoms with E-state index in [1.54, 1.807) is 6.92 Å². The maximum absolute atomic E-state index is 13.3. The van der Waals surface area contributed by atoms with Crippen LogP contribution in [0.15, 0.2) is 60.9 Å². The number of halogens is 10. The van der Waals surface area contributed by atoms with Gasteiger partial charge >= 0.3 is 32.5 Å². The minimum atomic E-state index is -4.50. The fourth-order valence-corrected chi connectivity index (χ4v) is 2.70. The number of aromatic nitrogens is 2. The van der Waals surface area contributed by atoms with Crippen LogP contribution in [-0.4, -0.2) is 16.2 Å². The molecule has 0 aliphatic heterocycles. The monoisotopic (exact) mass is 751 g/mol. The van der Waals surface area contributed by atoms with Crippen molar-refractivity contribution in [3.8, 4) is 22.5 Å². The molecule has 0 bridgehead atoms. The van der Waals surface area contributed by atoms with Crippen LogP contribution in [0.2, 0.25) is 0 Å². The van der Waals surface area contributed by atoms with Gasteiger partial charge in [-0.15, -0.1) is 24.3 Å². The summed E-state index contributed by atoms with van der Waals surface area (Å²) >= 11 is 0. The van der Waals surface area contributed by atoms with E-state index >= 15 is 0 Å². The summed E-state index contributed by atoms with van der Waals surface area (Å²) in [6.07, 6.45) is -6.83. The molecule has 4 rings (SSSR count). The van der Waals surface area contributed by atoms with Crippen LogP contribution in [0, 0.1) is 35.4 Å². The van der Waals surface area contributed by atoms with Crippen LogP contribution in [-0.2, 0) is 32.5 Å². The molecule has 0 atom stereocenters. The average molecular weight is 751 g/mol. The van der Waals surface area contributed by atoms with Gasteiger partial charge in [0.15, 0.2) is 0 Å². The molecule has 0 saturated heterocycles. The third-order valence-corrected chi connectivity index (χ3v) is 4.41. The SMILES string of the molecule is CC=[N-].Fc1c[c-]c(-c2ccc(C(F)(F)F)cn2)c(F)c1.Fc1c[c-]c(-c2ccc(C(F)(F)F)cn2)c(F)c1.[Ir+3]. The van der Waals surface area contributed by atoms with Crippen molar-refractivity contribution in [2.45, 2.75) is 19.3 Å². The van der Waals surface area contributed by atoms with Gasteiger partial charge in [0.1, 0.15) is 0 Å². The molecule has 0 saturated carbocycles. The third-order valence-electron chi connectivity index (χ3n) is 4.41. The second-order valence-electron chi connectivity index (χ2n) is 7.20. The normalized spacial score (nSPS) is 10.8. The quantitative estimate of drug-likeness (QED) is 0.118. The van der Waals surface area contributed by atoms with Gasteiger partial charge < -0.3 is 15.4 Å². The Bertz CT molecular complexity index is 1280. The van der Waals surface area contributed by atoms with Crippen LogP contribution in [0.3, 0.4) is 0 Å².